The summed E-state index contributed by atoms with van der Waals surface area (Å²) in [6, 6.07) is 2.16. The molecule has 3 rings (SSSR count). The van der Waals surface area contributed by atoms with Crippen molar-refractivity contribution in [3.05, 3.63) is 46.5 Å². The minimum absolute atomic E-state index is 0.166. The number of benzene rings is 1. The van der Waals surface area contributed by atoms with E-state index in [0.29, 0.717) is 5.92 Å². The largest absolute Gasteiger partial charge is 0.299 e. The maximum atomic E-state index is 12.0. The van der Waals surface area contributed by atoms with Crippen molar-refractivity contribution in [2.45, 2.75) is 53.6 Å². The molecule has 1 aromatic carbocycles. The molecule has 1 fully saturated rings. The molecule has 1 aromatic heterocycles. The van der Waals surface area contributed by atoms with E-state index in [-0.39, 0.29) is 5.78 Å². The lowest BCUT2D eigenvalue weighted by Crippen LogP contribution is -2.37. The van der Waals surface area contributed by atoms with E-state index in [1.165, 1.54) is 24.0 Å². The van der Waals surface area contributed by atoms with Crippen molar-refractivity contribution in [1.29, 1.82) is 0 Å². The molecule has 0 saturated carbocycles. The summed E-state index contributed by atoms with van der Waals surface area (Å²) in [4.78, 5) is 18.6. The number of rotatable bonds is 5. The van der Waals surface area contributed by atoms with Crippen molar-refractivity contribution in [1.82, 2.24) is 19.7 Å². The van der Waals surface area contributed by atoms with Gasteiger partial charge in [-0.15, -0.1) is 0 Å². The Bertz CT molecular complexity index is 752. The summed E-state index contributed by atoms with van der Waals surface area (Å²) in [6.45, 7) is 12.0. The Labute approximate surface area is 150 Å². The van der Waals surface area contributed by atoms with Crippen LogP contribution in [0.3, 0.4) is 0 Å². The fraction of sp³-hybridized carbons (Fsp3) is 0.550. The number of piperidine rings is 1. The summed E-state index contributed by atoms with van der Waals surface area (Å²) in [6.07, 6.45) is 5.85. The van der Waals surface area contributed by atoms with Gasteiger partial charge in [0.2, 0.25) is 0 Å². The van der Waals surface area contributed by atoms with Gasteiger partial charge < -0.3 is 0 Å². The molecule has 1 saturated heterocycles. The number of Topliss-reactive ketones (excluding diaryl/α,β-unsaturated/α-hetero) is 1. The van der Waals surface area contributed by atoms with Crippen LogP contribution in [0.5, 0.6) is 0 Å². The van der Waals surface area contributed by atoms with Crippen molar-refractivity contribution in [2.24, 2.45) is 5.92 Å². The van der Waals surface area contributed by atoms with Crippen LogP contribution in [0.4, 0.5) is 0 Å². The fourth-order valence-electron chi connectivity index (χ4n) is 4.27. The number of hydrogen-bond acceptors (Lipinski definition) is 4. The van der Waals surface area contributed by atoms with Crippen molar-refractivity contribution in [2.75, 3.05) is 13.1 Å². The molecular formula is C20H28N4O. The molecule has 5 nitrogen and oxygen atoms in total. The Balaban J connectivity index is 1.75. The first-order chi connectivity index (χ1) is 12.0. The van der Waals surface area contributed by atoms with Crippen LogP contribution in [-0.2, 0) is 13.1 Å². The second-order valence-electron chi connectivity index (χ2n) is 7.41. The average molecular weight is 340 g/mol. The van der Waals surface area contributed by atoms with Gasteiger partial charge in [-0.1, -0.05) is 6.07 Å². The zero-order valence-corrected chi connectivity index (χ0v) is 15.7. The first-order valence-electron chi connectivity index (χ1n) is 9.11. The lowest BCUT2D eigenvalue weighted by molar-refractivity contribution is 0.101. The van der Waals surface area contributed by atoms with E-state index in [1.54, 1.807) is 19.6 Å². The molecule has 1 aliphatic heterocycles. The standard InChI is InChI=1S/C20H28N4O/c1-14-8-15(2)20(17(4)25)16(3)19(14)11-23-7-5-6-18(9-23)10-24-13-21-12-22-24/h8,12-13,18H,5-7,9-11H2,1-4H3/t18-/m0/s1. The predicted octanol–water partition coefficient (Wildman–Crippen LogP) is 3.32. The van der Waals surface area contributed by atoms with Crippen molar-refractivity contribution in [3.8, 4) is 0 Å². The van der Waals surface area contributed by atoms with E-state index in [4.69, 9.17) is 0 Å². The predicted molar refractivity (Wildman–Crippen MR) is 98.7 cm³/mol. The molecule has 0 amide bonds. The third-order valence-corrected chi connectivity index (χ3v) is 5.38. The molecule has 0 aliphatic carbocycles. The molecule has 5 heteroatoms. The monoisotopic (exact) mass is 340 g/mol. The summed E-state index contributed by atoms with van der Waals surface area (Å²) in [5.41, 5.74) is 5.75. The highest BCUT2D eigenvalue weighted by molar-refractivity contribution is 5.97. The van der Waals surface area contributed by atoms with Crippen LogP contribution in [-0.4, -0.2) is 38.5 Å². The van der Waals surface area contributed by atoms with Gasteiger partial charge in [-0.3, -0.25) is 14.4 Å². The van der Waals surface area contributed by atoms with Gasteiger partial charge >= 0.3 is 0 Å². The number of aromatic nitrogens is 3. The molecule has 1 aliphatic rings. The second kappa shape index (κ2) is 7.48. The summed E-state index contributed by atoms with van der Waals surface area (Å²) < 4.78 is 1.93. The molecule has 1 atom stereocenters. The molecule has 0 radical (unpaired) electrons. The molecule has 0 bridgehead atoms. The molecule has 2 aromatic rings. The van der Waals surface area contributed by atoms with E-state index in [9.17, 15) is 4.79 Å². The minimum atomic E-state index is 0.166. The number of carbonyl (C=O) groups excluding carboxylic acids is 1. The Morgan fingerprint density at radius 1 is 1.28 bits per heavy atom. The smallest absolute Gasteiger partial charge is 0.160 e. The van der Waals surface area contributed by atoms with Crippen LogP contribution in [0.2, 0.25) is 0 Å². The Morgan fingerprint density at radius 2 is 2.08 bits per heavy atom. The van der Waals surface area contributed by atoms with Crippen molar-refractivity contribution in [3.63, 3.8) is 0 Å². The summed E-state index contributed by atoms with van der Waals surface area (Å²) in [5.74, 6) is 0.771. The number of nitrogens with zero attached hydrogens (tertiary/aromatic N) is 4. The number of aryl methyl sites for hydroxylation is 2. The van der Waals surface area contributed by atoms with Gasteiger partial charge in [0.25, 0.3) is 0 Å². The van der Waals surface area contributed by atoms with Gasteiger partial charge in [0.05, 0.1) is 0 Å². The third-order valence-electron chi connectivity index (χ3n) is 5.38. The Hall–Kier alpha value is -2.01. The van der Waals surface area contributed by atoms with Crippen LogP contribution >= 0.6 is 0 Å². The quantitative estimate of drug-likeness (QED) is 0.784. The summed E-state index contributed by atoms with van der Waals surface area (Å²) in [7, 11) is 0. The number of ketones is 1. The highest BCUT2D eigenvalue weighted by Crippen LogP contribution is 2.26. The Morgan fingerprint density at radius 3 is 2.76 bits per heavy atom. The van der Waals surface area contributed by atoms with Crippen LogP contribution in [0.15, 0.2) is 18.7 Å². The maximum Gasteiger partial charge on any atom is 0.160 e. The molecule has 25 heavy (non-hydrogen) atoms. The van der Waals surface area contributed by atoms with Gasteiger partial charge in [-0.2, -0.15) is 5.10 Å². The fourth-order valence-corrected chi connectivity index (χ4v) is 4.27. The minimum Gasteiger partial charge on any atom is -0.299 e. The second-order valence-corrected chi connectivity index (χ2v) is 7.41. The lowest BCUT2D eigenvalue weighted by Gasteiger charge is -2.33. The van der Waals surface area contributed by atoms with Crippen molar-refractivity contribution < 1.29 is 4.79 Å². The van der Waals surface area contributed by atoms with Gasteiger partial charge in [0.15, 0.2) is 5.78 Å². The highest BCUT2D eigenvalue weighted by Gasteiger charge is 2.23. The zero-order chi connectivity index (χ0) is 18.0. The zero-order valence-electron chi connectivity index (χ0n) is 15.7. The normalized spacial score (nSPS) is 18.5. The van der Waals surface area contributed by atoms with Crippen LogP contribution in [0.25, 0.3) is 0 Å². The molecule has 0 spiro atoms. The topological polar surface area (TPSA) is 51.0 Å². The first kappa shape index (κ1) is 17.8. The molecular weight excluding hydrogens is 312 g/mol. The highest BCUT2D eigenvalue weighted by atomic mass is 16.1. The van der Waals surface area contributed by atoms with Crippen LogP contribution in [0.1, 0.15) is 52.4 Å². The molecule has 0 N–H and O–H groups in total. The third kappa shape index (κ3) is 3.98. The first-order valence-corrected chi connectivity index (χ1v) is 9.11. The SMILES string of the molecule is CC(=O)c1c(C)cc(C)c(CN2CCC[C@H](Cn3cncn3)C2)c1C. The van der Waals surface area contributed by atoms with Gasteiger partial charge in [0, 0.05) is 25.2 Å². The maximum absolute atomic E-state index is 12.0. The molecule has 134 valence electrons. The molecule has 0 unspecified atom stereocenters. The summed E-state index contributed by atoms with van der Waals surface area (Å²) >= 11 is 0. The summed E-state index contributed by atoms with van der Waals surface area (Å²) in [5, 5.41) is 4.24. The number of carbonyl (C=O) groups is 1. The Kier molecular flexibility index (Phi) is 5.33. The lowest BCUT2D eigenvalue weighted by atomic mass is 9.90. The van der Waals surface area contributed by atoms with Crippen LogP contribution in [0, 0.1) is 26.7 Å². The van der Waals surface area contributed by atoms with Gasteiger partial charge in [-0.25, -0.2) is 4.98 Å². The van der Waals surface area contributed by atoms with E-state index < -0.39 is 0 Å². The van der Waals surface area contributed by atoms with Gasteiger partial charge in [-0.05, 0) is 75.3 Å². The van der Waals surface area contributed by atoms with E-state index >= 15 is 0 Å². The van der Waals surface area contributed by atoms with Gasteiger partial charge in [0.1, 0.15) is 12.7 Å². The number of likely N-dealkylation sites (tertiary alicyclic amines) is 1. The average Bonchev–Trinajstić information content (AvgIpc) is 3.04. The van der Waals surface area contributed by atoms with Crippen molar-refractivity contribution >= 4 is 5.78 Å². The van der Waals surface area contributed by atoms with E-state index in [1.807, 2.05) is 11.6 Å². The molecule has 2 heterocycles. The van der Waals surface area contributed by atoms with E-state index in [0.717, 1.165) is 42.9 Å². The van der Waals surface area contributed by atoms with E-state index in [2.05, 4.69) is 34.9 Å². The van der Waals surface area contributed by atoms with Crippen LogP contribution < -0.4 is 0 Å². The number of hydrogen-bond donors (Lipinski definition) is 0.